The Morgan fingerprint density at radius 2 is 1.65 bits per heavy atom. The second-order valence-electron chi connectivity index (χ2n) is 6.78. The minimum atomic E-state index is -0.273. The Kier molecular flexibility index (Phi) is 5.26. The van der Waals surface area contributed by atoms with Crippen LogP contribution in [0.1, 0.15) is 35.6 Å². The molecule has 0 saturated carbocycles. The molecule has 2 aromatic carbocycles. The fourth-order valence-corrected chi connectivity index (χ4v) is 3.18. The summed E-state index contributed by atoms with van der Waals surface area (Å²) in [7, 11) is 0. The first-order chi connectivity index (χ1) is 12.5. The smallest absolute Gasteiger partial charge is 0.323 e. The second-order valence-corrected chi connectivity index (χ2v) is 6.78. The van der Waals surface area contributed by atoms with Crippen molar-refractivity contribution in [2.24, 2.45) is 0 Å². The summed E-state index contributed by atoms with van der Waals surface area (Å²) in [6, 6.07) is 11.5. The van der Waals surface area contributed by atoms with Crippen molar-refractivity contribution in [3.8, 4) is 0 Å². The van der Waals surface area contributed by atoms with Gasteiger partial charge in [-0.15, -0.1) is 0 Å². The first-order valence-corrected chi connectivity index (χ1v) is 9.01. The summed E-state index contributed by atoms with van der Waals surface area (Å²) in [6.07, 6.45) is 1.38. The molecule has 0 spiro atoms. The fraction of sp³-hybridized carbons (Fsp3) is 0.333. The van der Waals surface area contributed by atoms with Gasteiger partial charge >= 0.3 is 6.03 Å². The molecule has 3 amide bonds. The number of urea groups is 1. The van der Waals surface area contributed by atoms with Gasteiger partial charge in [-0.2, -0.15) is 0 Å². The highest BCUT2D eigenvalue weighted by Crippen LogP contribution is 2.23. The number of anilines is 2. The van der Waals surface area contributed by atoms with Gasteiger partial charge in [0.15, 0.2) is 0 Å². The van der Waals surface area contributed by atoms with E-state index in [0.717, 1.165) is 35.5 Å². The van der Waals surface area contributed by atoms with Gasteiger partial charge in [0, 0.05) is 30.9 Å². The summed E-state index contributed by atoms with van der Waals surface area (Å²) < 4.78 is 0. The van der Waals surface area contributed by atoms with Crippen molar-refractivity contribution in [2.45, 2.75) is 40.2 Å². The molecule has 0 saturated heterocycles. The number of nitrogens with zero attached hydrogens (tertiary/aromatic N) is 1. The highest BCUT2D eigenvalue weighted by atomic mass is 16.2. The van der Waals surface area contributed by atoms with E-state index in [-0.39, 0.29) is 11.9 Å². The lowest BCUT2D eigenvalue weighted by molar-refractivity contribution is -0.131. The van der Waals surface area contributed by atoms with Crippen LogP contribution in [-0.2, 0) is 17.8 Å². The monoisotopic (exact) mass is 351 g/mol. The van der Waals surface area contributed by atoms with Crippen molar-refractivity contribution in [3.05, 3.63) is 58.7 Å². The van der Waals surface area contributed by atoms with Crippen molar-refractivity contribution in [3.63, 3.8) is 0 Å². The highest BCUT2D eigenvalue weighted by molar-refractivity contribution is 5.99. The molecule has 0 atom stereocenters. The normalized spacial score (nSPS) is 13.1. The van der Waals surface area contributed by atoms with E-state index < -0.39 is 0 Å². The lowest BCUT2D eigenvalue weighted by Gasteiger charge is -2.29. The SMILES string of the molecule is CCC(=O)N1CCc2ccc(NC(=O)Nc3ccc(C)c(C)c3)cc2C1. The molecule has 0 bridgehead atoms. The van der Waals surface area contributed by atoms with Gasteiger partial charge in [-0.05, 0) is 66.8 Å². The van der Waals surface area contributed by atoms with E-state index in [2.05, 4.69) is 10.6 Å². The van der Waals surface area contributed by atoms with E-state index in [1.54, 1.807) is 0 Å². The molecule has 2 aromatic rings. The zero-order valence-electron chi connectivity index (χ0n) is 15.6. The molecule has 1 aliphatic rings. The van der Waals surface area contributed by atoms with Gasteiger partial charge < -0.3 is 15.5 Å². The molecule has 26 heavy (non-hydrogen) atoms. The van der Waals surface area contributed by atoms with Crippen LogP contribution in [-0.4, -0.2) is 23.4 Å². The topological polar surface area (TPSA) is 61.4 Å². The largest absolute Gasteiger partial charge is 0.338 e. The molecular weight excluding hydrogens is 326 g/mol. The minimum absolute atomic E-state index is 0.168. The van der Waals surface area contributed by atoms with Gasteiger partial charge in [0.2, 0.25) is 5.91 Å². The van der Waals surface area contributed by atoms with E-state index in [9.17, 15) is 9.59 Å². The van der Waals surface area contributed by atoms with Crippen LogP contribution in [0.3, 0.4) is 0 Å². The number of carbonyl (C=O) groups is 2. The van der Waals surface area contributed by atoms with Crippen molar-refractivity contribution in [1.29, 1.82) is 0 Å². The molecule has 3 rings (SSSR count). The molecule has 5 nitrogen and oxygen atoms in total. The van der Waals surface area contributed by atoms with Gasteiger partial charge in [-0.3, -0.25) is 4.79 Å². The summed E-state index contributed by atoms with van der Waals surface area (Å²) in [6.45, 7) is 7.31. The molecule has 0 aromatic heterocycles. The molecule has 2 N–H and O–H groups in total. The average molecular weight is 351 g/mol. The van der Waals surface area contributed by atoms with Crippen molar-refractivity contribution in [1.82, 2.24) is 4.90 Å². The maximum atomic E-state index is 12.3. The second kappa shape index (κ2) is 7.60. The maximum absolute atomic E-state index is 12.3. The first kappa shape index (κ1) is 18.0. The Morgan fingerprint density at radius 3 is 2.35 bits per heavy atom. The van der Waals surface area contributed by atoms with Gasteiger partial charge in [-0.25, -0.2) is 4.79 Å². The van der Waals surface area contributed by atoms with Crippen LogP contribution in [0.2, 0.25) is 0 Å². The standard InChI is InChI=1S/C21H25N3O2/c1-4-20(25)24-10-9-16-6-8-19(12-17(16)13-24)23-21(26)22-18-7-5-14(2)15(3)11-18/h5-8,11-12H,4,9-10,13H2,1-3H3,(H2,22,23,26). The molecular formula is C21H25N3O2. The van der Waals surface area contributed by atoms with E-state index >= 15 is 0 Å². The zero-order chi connectivity index (χ0) is 18.7. The third-order valence-corrected chi connectivity index (χ3v) is 4.90. The summed E-state index contributed by atoms with van der Waals surface area (Å²) in [4.78, 5) is 26.1. The Hall–Kier alpha value is -2.82. The maximum Gasteiger partial charge on any atom is 0.323 e. The quantitative estimate of drug-likeness (QED) is 0.869. The van der Waals surface area contributed by atoms with Gasteiger partial charge in [0.1, 0.15) is 0 Å². The minimum Gasteiger partial charge on any atom is -0.338 e. The number of hydrogen-bond donors (Lipinski definition) is 2. The van der Waals surface area contributed by atoms with Crippen LogP contribution in [0.4, 0.5) is 16.2 Å². The zero-order valence-corrected chi connectivity index (χ0v) is 15.6. The lowest BCUT2D eigenvalue weighted by Crippen LogP contribution is -2.35. The summed E-state index contributed by atoms with van der Waals surface area (Å²) >= 11 is 0. The van der Waals surface area contributed by atoms with Crippen molar-refractivity contribution < 1.29 is 9.59 Å². The summed E-state index contributed by atoms with van der Waals surface area (Å²) in [5, 5.41) is 5.74. The molecule has 0 aliphatic carbocycles. The molecule has 1 aliphatic heterocycles. The Bertz CT molecular complexity index is 845. The van der Waals surface area contributed by atoms with Crippen LogP contribution < -0.4 is 10.6 Å². The Morgan fingerprint density at radius 1 is 0.962 bits per heavy atom. The number of fused-ring (bicyclic) bond motifs is 1. The number of benzene rings is 2. The molecule has 1 heterocycles. The number of hydrogen-bond acceptors (Lipinski definition) is 2. The van der Waals surface area contributed by atoms with Gasteiger partial charge in [0.05, 0.1) is 0 Å². The van der Waals surface area contributed by atoms with Crippen LogP contribution in [0.25, 0.3) is 0 Å². The van der Waals surface area contributed by atoms with Gasteiger partial charge in [-0.1, -0.05) is 19.1 Å². The van der Waals surface area contributed by atoms with E-state index in [1.165, 1.54) is 11.1 Å². The lowest BCUT2D eigenvalue weighted by atomic mass is 9.99. The Balaban J connectivity index is 1.67. The molecule has 0 fully saturated rings. The fourth-order valence-electron chi connectivity index (χ4n) is 3.18. The summed E-state index contributed by atoms with van der Waals surface area (Å²) in [5.41, 5.74) is 6.17. The first-order valence-electron chi connectivity index (χ1n) is 9.01. The average Bonchev–Trinajstić information content (AvgIpc) is 2.63. The van der Waals surface area contributed by atoms with Crippen LogP contribution in [0.5, 0.6) is 0 Å². The van der Waals surface area contributed by atoms with Crippen LogP contribution >= 0.6 is 0 Å². The predicted octanol–water partition coefficient (Wildman–Crippen LogP) is 4.24. The van der Waals surface area contributed by atoms with Crippen LogP contribution in [0.15, 0.2) is 36.4 Å². The Labute approximate surface area is 154 Å². The molecule has 5 heteroatoms. The number of nitrogens with one attached hydrogen (secondary N) is 2. The third kappa shape index (κ3) is 4.04. The molecule has 136 valence electrons. The van der Waals surface area contributed by atoms with Crippen molar-refractivity contribution in [2.75, 3.05) is 17.2 Å². The predicted molar refractivity (Wildman–Crippen MR) is 104 cm³/mol. The van der Waals surface area contributed by atoms with Crippen LogP contribution in [0, 0.1) is 13.8 Å². The van der Waals surface area contributed by atoms with Crippen molar-refractivity contribution >= 4 is 23.3 Å². The number of carbonyl (C=O) groups excluding carboxylic acids is 2. The highest BCUT2D eigenvalue weighted by Gasteiger charge is 2.19. The third-order valence-electron chi connectivity index (χ3n) is 4.90. The van der Waals surface area contributed by atoms with E-state index in [1.807, 2.05) is 62.1 Å². The van der Waals surface area contributed by atoms with E-state index in [4.69, 9.17) is 0 Å². The van der Waals surface area contributed by atoms with Gasteiger partial charge in [0.25, 0.3) is 0 Å². The molecule has 0 unspecified atom stereocenters. The van der Waals surface area contributed by atoms with E-state index in [0.29, 0.717) is 13.0 Å². The molecule has 0 radical (unpaired) electrons. The number of amides is 3. The number of rotatable bonds is 3. The summed E-state index contributed by atoms with van der Waals surface area (Å²) in [5.74, 6) is 0.168. The number of aryl methyl sites for hydroxylation is 2.